The van der Waals surface area contributed by atoms with Crippen LogP contribution in [0.3, 0.4) is 0 Å². The molecule has 2 fully saturated rings. The highest BCUT2D eigenvalue weighted by Crippen LogP contribution is 2.36. The molecule has 2 aliphatic carbocycles. The van der Waals surface area contributed by atoms with E-state index < -0.39 is 0 Å². The number of nitriles is 1. The van der Waals surface area contributed by atoms with Crippen LogP contribution >= 0.6 is 0 Å². The second-order valence-electron chi connectivity index (χ2n) is 10.7. The topological polar surface area (TPSA) is 33.0 Å². The van der Waals surface area contributed by atoms with Gasteiger partial charge in [-0.2, -0.15) is 5.26 Å². The Balaban J connectivity index is 1.19. The molecule has 2 heteroatoms. The lowest BCUT2D eigenvalue weighted by Crippen LogP contribution is -2.21. The lowest BCUT2D eigenvalue weighted by Gasteiger charge is -2.30. The van der Waals surface area contributed by atoms with Crippen molar-refractivity contribution in [3.05, 3.63) is 35.4 Å². The van der Waals surface area contributed by atoms with Crippen LogP contribution in [0.1, 0.15) is 133 Å². The van der Waals surface area contributed by atoms with Crippen molar-refractivity contribution in [3.63, 3.8) is 0 Å². The van der Waals surface area contributed by atoms with Gasteiger partial charge in [-0.1, -0.05) is 89.7 Å². The smallest absolute Gasteiger partial charge is 0.0991 e. The number of benzene rings is 1. The van der Waals surface area contributed by atoms with Crippen LogP contribution in [0.4, 0.5) is 0 Å². The van der Waals surface area contributed by atoms with Crippen LogP contribution in [0.5, 0.6) is 0 Å². The summed E-state index contributed by atoms with van der Waals surface area (Å²) in [7, 11) is 0. The van der Waals surface area contributed by atoms with Gasteiger partial charge in [-0.25, -0.2) is 0 Å². The minimum absolute atomic E-state index is 0.470. The molecule has 0 bridgehead atoms. The highest BCUT2D eigenvalue weighted by molar-refractivity contribution is 5.33. The average molecular weight is 438 g/mol. The Morgan fingerprint density at radius 2 is 1.34 bits per heavy atom. The molecule has 1 aromatic carbocycles. The van der Waals surface area contributed by atoms with Gasteiger partial charge in [0.25, 0.3) is 0 Å². The SMILES string of the molecule is CCCCCCCC[C@H]1CC[C@H](CCCO[C@H]2CC[C@H](c3ccc(C#N)cc3)CC2)CC1. The first kappa shape index (κ1) is 25.3. The van der Waals surface area contributed by atoms with Crippen LogP contribution in [0, 0.1) is 23.2 Å². The van der Waals surface area contributed by atoms with E-state index >= 15 is 0 Å². The van der Waals surface area contributed by atoms with Crippen LogP contribution in [-0.4, -0.2) is 12.7 Å². The van der Waals surface area contributed by atoms with E-state index in [0.717, 1.165) is 24.0 Å². The van der Waals surface area contributed by atoms with Gasteiger partial charge >= 0.3 is 0 Å². The summed E-state index contributed by atoms with van der Waals surface area (Å²) < 4.78 is 6.27. The first-order chi connectivity index (χ1) is 15.8. The van der Waals surface area contributed by atoms with E-state index in [-0.39, 0.29) is 0 Å². The first-order valence-corrected chi connectivity index (χ1v) is 13.9. The second-order valence-corrected chi connectivity index (χ2v) is 10.7. The molecule has 2 saturated carbocycles. The molecule has 0 aliphatic heterocycles. The summed E-state index contributed by atoms with van der Waals surface area (Å²) in [6, 6.07) is 10.4. The van der Waals surface area contributed by atoms with Crippen LogP contribution < -0.4 is 0 Å². The van der Waals surface area contributed by atoms with Crippen molar-refractivity contribution in [3.8, 4) is 6.07 Å². The molecular weight excluding hydrogens is 390 g/mol. The van der Waals surface area contributed by atoms with Crippen LogP contribution in [0.2, 0.25) is 0 Å². The van der Waals surface area contributed by atoms with E-state index in [2.05, 4.69) is 25.1 Å². The van der Waals surface area contributed by atoms with Gasteiger partial charge in [0.1, 0.15) is 0 Å². The summed E-state index contributed by atoms with van der Waals surface area (Å²) in [5.41, 5.74) is 2.16. The number of rotatable bonds is 13. The second kappa shape index (κ2) is 14.7. The monoisotopic (exact) mass is 437 g/mol. The van der Waals surface area contributed by atoms with Crippen molar-refractivity contribution >= 4 is 0 Å². The third-order valence-electron chi connectivity index (χ3n) is 8.23. The standard InChI is InChI=1S/C30H47NO/c1-2-3-4-5-6-7-9-25-11-13-26(14-12-25)10-8-23-32-30-21-19-29(20-22-30)28-17-15-27(24-31)16-18-28/h15-18,25-26,29-30H,2-14,19-23H2,1H3/t25-,26-,29-,30-. The fourth-order valence-corrected chi connectivity index (χ4v) is 6.04. The molecule has 32 heavy (non-hydrogen) atoms. The molecule has 0 atom stereocenters. The Morgan fingerprint density at radius 1 is 0.750 bits per heavy atom. The molecule has 0 amide bonds. The molecule has 3 rings (SSSR count). The van der Waals surface area contributed by atoms with E-state index in [1.54, 1.807) is 0 Å². The lowest BCUT2D eigenvalue weighted by atomic mass is 9.78. The molecule has 178 valence electrons. The van der Waals surface area contributed by atoms with Crippen LogP contribution in [0.15, 0.2) is 24.3 Å². The van der Waals surface area contributed by atoms with E-state index in [4.69, 9.17) is 10.00 Å². The molecule has 0 saturated heterocycles. The predicted molar refractivity (Wildman–Crippen MR) is 135 cm³/mol. The van der Waals surface area contributed by atoms with Crippen molar-refractivity contribution in [1.29, 1.82) is 5.26 Å². The van der Waals surface area contributed by atoms with Gasteiger partial charge in [0, 0.05) is 6.61 Å². The molecule has 0 spiro atoms. The quantitative estimate of drug-likeness (QED) is 0.288. The lowest BCUT2D eigenvalue weighted by molar-refractivity contribution is 0.0204. The van der Waals surface area contributed by atoms with E-state index in [9.17, 15) is 0 Å². The summed E-state index contributed by atoms with van der Waals surface area (Å²) in [5, 5.41) is 8.97. The molecule has 0 heterocycles. The minimum Gasteiger partial charge on any atom is -0.378 e. The summed E-state index contributed by atoms with van der Waals surface area (Å²) in [6.45, 7) is 3.26. The molecule has 1 aromatic rings. The highest BCUT2D eigenvalue weighted by atomic mass is 16.5. The Bertz CT molecular complexity index is 644. The third kappa shape index (κ3) is 8.90. The van der Waals surface area contributed by atoms with E-state index in [0.29, 0.717) is 12.0 Å². The van der Waals surface area contributed by atoms with Crippen molar-refractivity contribution in [1.82, 2.24) is 0 Å². The highest BCUT2D eigenvalue weighted by Gasteiger charge is 2.23. The van der Waals surface area contributed by atoms with Crippen molar-refractivity contribution in [2.45, 2.75) is 128 Å². The maximum Gasteiger partial charge on any atom is 0.0991 e. The number of hydrogen-bond donors (Lipinski definition) is 0. The van der Waals surface area contributed by atoms with Crippen LogP contribution in [0.25, 0.3) is 0 Å². The molecule has 2 aliphatic rings. The van der Waals surface area contributed by atoms with Crippen molar-refractivity contribution in [2.24, 2.45) is 11.8 Å². The summed E-state index contributed by atoms with van der Waals surface area (Å²) in [6.07, 6.45) is 24.0. The summed E-state index contributed by atoms with van der Waals surface area (Å²) >= 11 is 0. The number of hydrogen-bond acceptors (Lipinski definition) is 2. The Labute approximate surface area is 198 Å². The predicted octanol–water partition coefficient (Wildman–Crippen LogP) is 8.94. The minimum atomic E-state index is 0.470. The van der Waals surface area contributed by atoms with Crippen LogP contribution in [-0.2, 0) is 4.74 Å². The maximum absolute atomic E-state index is 8.97. The fraction of sp³-hybridized carbons (Fsp3) is 0.767. The van der Waals surface area contributed by atoms with Gasteiger partial charge in [0.2, 0.25) is 0 Å². The molecule has 0 radical (unpaired) electrons. The summed E-state index contributed by atoms with van der Waals surface area (Å²) in [4.78, 5) is 0. The molecule has 0 N–H and O–H groups in total. The molecule has 2 nitrogen and oxygen atoms in total. The van der Waals surface area contributed by atoms with Gasteiger partial charge in [0.05, 0.1) is 17.7 Å². The number of ether oxygens (including phenoxy) is 1. The molecule has 0 unspecified atom stereocenters. The van der Waals surface area contributed by atoms with Gasteiger partial charge in [-0.05, 0) is 74.0 Å². The zero-order chi connectivity index (χ0) is 22.4. The zero-order valence-electron chi connectivity index (χ0n) is 20.7. The van der Waals surface area contributed by atoms with E-state index in [1.807, 2.05) is 12.1 Å². The average Bonchev–Trinajstić information content (AvgIpc) is 2.85. The molecular formula is C30H47NO. The summed E-state index contributed by atoms with van der Waals surface area (Å²) in [5.74, 6) is 2.64. The normalized spacial score (nSPS) is 26.0. The Morgan fingerprint density at radius 3 is 1.97 bits per heavy atom. The van der Waals surface area contributed by atoms with E-state index in [1.165, 1.54) is 115 Å². The first-order valence-electron chi connectivity index (χ1n) is 13.9. The van der Waals surface area contributed by atoms with Gasteiger partial charge in [-0.3, -0.25) is 0 Å². The van der Waals surface area contributed by atoms with Crippen molar-refractivity contribution in [2.75, 3.05) is 6.61 Å². The Hall–Kier alpha value is -1.33. The fourth-order valence-electron chi connectivity index (χ4n) is 6.04. The Kier molecular flexibility index (Phi) is 11.7. The largest absolute Gasteiger partial charge is 0.378 e. The maximum atomic E-state index is 8.97. The van der Waals surface area contributed by atoms with Gasteiger partial charge < -0.3 is 4.74 Å². The molecule has 0 aromatic heterocycles. The number of nitrogens with zero attached hydrogens (tertiary/aromatic N) is 1. The zero-order valence-corrected chi connectivity index (χ0v) is 20.7. The van der Waals surface area contributed by atoms with Gasteiger partial charge in [0.15, 0.2) is 0 Å². The van der Waals surface area contributed by atoms with Gasteiger partial charge in [-0.15, -0.1) is 0 Å². The van der Waals surface area contributed by atoms with Crippen molar-refractivity contribution < 1.29 is 4.74 Å². The number of unbranched alkanes of at least 4 members (excludes halogenated alkanes) is 5. The third-order valence-corrected chi connectivity index (χ3v) is 8.23.